The molecule has 0 atom stereocenters. The molecule has 0 radical (unpaired) electrons. The molecule has 0 amide bonds. The van der Waals surface area contributed by atoms with E-state index in [2.05, 4.69) is 97.9 Å². The van der Waals surface area contributed by atoms with Crippen LogP contribution in [0.5, 0.6) is 0 Å². The Morgan fingerprint density at radius 3 is 1.45 bits per heavy atom. The molecule has 0 heterocycles. The smallest absolute Gasteiger partial charge is 0.171 e. The fourth-order valence-electron chi connectivity index (χ4n) is 3.86. The zero-order chi connectivity index (χ0) is 19.7. The Morgan fingerprint density at radius 1 is 0.655 bits per heavy atom. The summed E-state index contributed by atoms with van der Waals surface area (Å²) in [5.74, 6) is 0.390. The van der Waals surface area contributed by atoms with E-state index in [1.165, 1.54) is 28.8 Å². The first-order valence-electron chi connectivity index (χ1n) is 10.3. The summed E-state index contributed by atoms with van der Waals surface area (Å²) in [6.07, 6.45) is 5.86. The lowest BCUT2D eigenvalue weighted by atomic mass is 10.1. The summed E-state index contributed by atoms with van der Waals surface area (Å²) >= 11 is 0. The number of unbranched alkanes of at least 4 members (excludes halogenated alkanes) is 3. The molecule has 0 aliphatic carbocycles. The Balaban J connectivity index is 0.00000300. The minimum Gasteiger partial charge on any atom is -1.00 e. The number of Topliss-reactive ketones (excluding diaryl/α,β-unsaturated/α-hetero) is 1. The lowest BCUT2D eigenvalue weighted by molar-refractivity contribution is -0.116. The van der Waals surface area contributed by atoms with Crippen molar-refractivity contribution in [2.45, 2.75) is 39.0 Å². The standard InChI is InChI=1S/C26H30OP.HI/c1-2-3-4-8-15-23(27)22-28(24-16-9-5-10-17-24,25-18-11-6-12-19-25)26-20-13-7-14-21-26;/h5-7,9-14,16-21H,2-4,8,15,22H2,1H3;1H/q+1;/p-1. The summed E-state index contributed by atoms with van der Waals surface area (Å²) < 4.78 is 0. The van der Waals surface area contributed by atoms with Gasteiger partial charge in [0.05, 0.1) is 0 Å². The SMILES string of the molecule is CCCCCCC(=O)C[P+](c1ccccc1)(c1ccccc1)c1ccccc1.[I-]. The van der Waals surface area contributed by atoms with Gasteiger partial charge in [-0.1, -0.05) is 80.8 Å². The van der Waals surface area contributed by atoms with Gasteiger partial charge in [0.25, 0.3) is 0 Å². The molecular formula is C26H30IOP. The first-order valence-corrected chi connectivity index (χ1v) is 12.3. The van der Waals surface area contributed by atoms with Crippen molar-refractivity contribution < 1.29 is 28.8 Å². The Kier molecular flexibility index (Phi) is 10.0. The summed E-state index contributed by atoms with van der Waals surface area (Å²) in [6.45, 7) is 2.21. The summed E-state index contributed by atoms with van der Waals surface area (Å²) in [4.78, 5) is 13.2. The molecule has 3 aromatic rings. The van der Waals surface area contributed by atoms with Crippen molar-refractivity contribution in [1.82, 2.24) is 0 Å². The molecule has 1 nitrogen and oxygen atoms in total. The van der Waals surface area contributed by atoms with Gasteiger partial charge in [-0.25, -0.2) is 0 Å². The number of carbonyl (C=O) groups is 1. The minimum absolute atomic E-state index is 0. The van der Waals surface area contributed by atoms with Crippen LogP contribution in [0.4, 0.5) is 0 Å². The predicted octanol–water partition coefficient (Wildman–Crippen LogP) is 2.52. The van der Waals surface area contributed by atoms with Crippen LogP contribution in [0.15, 0.2) is 91.0 Å². The van der Waals surface area contributed by atoms with Crippen LogP contribution in [0, 0.1) is 0 Å². The number of hydrogen-bond donors (Lipinski definition) is 0. The highest BCUT2D eigenvalue weighted by molar-refractivity contribution is 7.96. The minimum atomic E-state index is -2.01. The highest BCUT2D eigenvalue weighted by atomic mass is 127. The van der Waals surface area contributed by atoms with Crippen molar-refractivity contribution >= 4 is 29.0 Å². The van der Waals surface area contributed by atoms with E-state index in [1.54, 1.807) is 0 Å². The molecule has 0 saturated heterocycles. The van der Waals surface area contributed by atoms with Gasteiger partial charge in [0.15, 0.2) is 5.78 Å². The summed E-state index contributed by atoms with van der Waals surface area (Å²) in [5, 5.41) is 3.86. The van der Waals surface area contributed by atoms with Gasteiger partial charge in [0.2, 0.25) is 0 Å². The number of halogens is 1. The molecule has 3 heteroatoms. The Morgan fingerprint density at radius 2 is 1.07 bits per heavy atom. The van der Waals surface area contributed by atoms with Crippen LogP contribution in [-0.4, -0.2) is 11.9 Å². The highest BCUT2D eigenvalue weighted by Crippen LogP contribution is 2.55. The number of ketones is 1. The van der Waals surface area contributed by atoms with Gasteiger partial charge in [-0.05, 0) is 42.8 Å². The number of hydrogen-bond acceptors (Lipinski definition) is 1. The average molecular weight is 516 g/mol. The van der Waals surface area contributed by atoms with Gasteiger partial charge in [0, 0.05) is 6.42 Å². The highest BCUT2D eigenvalue weighted by Gasteiger charge is 2.46. The topological polar surface area (TPSA) is 17.1 Å². The van der Waals surface area contributed by atoms with Gasteiger partial charge < -0.3 is 24.0 Å². The fraction of sp³-hybridized carbons (Fsp3) is 0.269. The van der Waals surface area contributed by atoms with Gasteiger partial charge in [-0.3, -0.25) is 4.79 Å². The van der Waals surface area contributed by atoms with E-state index >= 15 is 0 Å². The predicted molar refractivity (Wildman–Crippen MR) is 124 cm³/mol. The molecule has 3 aromatic carbocycles. The van der Waals surface area contributed by atoms with Crippen LogP contribution < -0.4 is 39.9 Å². The van der Waals surface area contributed by atoms with E-state index in [-0.39, 0.29) is 24.0 Å². The van der Waals surface area contributed by atoms with E-state index in [0.717, 1.165) is 12.8 Å². The molecule has 29 heavy (non-hydrogen) atoms. The van der Waals surface area contributed by atoms with Crippen LogP contribution in [0.25, 0.3) is 0 Å². The third-order valence-electron chi connectivity index (χ3n) is 5.31. The van der Waals surface area contributed by atoms with E-state index < -0.39 is 7.26 Å². The van der Waals surface area contributed by atoms with Crippen LogP contribution >= 0.6 is 7.26 Å². The molecule has 152 valence electrons. The molecule has 0 aromatic heterocycles. The molecule has 0 N–H and O–H groups in total. The van der Waals surface area contributed by atoms with Gasteiger partial charge in [-0.15, -0.1) is 0 Å². The Hall–Kier alpha value is -1.51. The monoisotopic (exact) mass is 516 g/mol. The molecule has 0 aliphatic rings. The first kappa shape index (κ1) is 23.8. The van der Waals surface area contributed by atoms with Crippen LogP contribution in [0.2, 0.25) is 0 Å². The third kappa shape index (κ3) is 5.99. The Labute approximate surface area is 193 Å². The molecular weight excluding hydrogens is 486 g/mol. The average Bonchev–Trinajstić information content (AvgIpc) is 2.77. The van der Waals surface area contributed by atoms with Crippen molar-refractivity contribution in [3.63, 3.8) is 0 Å². The maximum absolute atomic E-state index is 13.2. The first-order chi connectivity index (χ1) is 13.8. The Bertz CT molecular complexity index is 753. The van der Waals surface area contributed by atoms with Gasteiger partial charge in [-0.2, -0.15) is 0 Å². The van der Waals surface area contributed by atoms with Crippen LogP contribution in [-0.2, 0) is 4.79 Å². The summed E-state index contributed by atoms with van der Waals surface area (Å²) in [5.41, 5.74) is 0. The van der Waals surface area contributed by atoms with E-state index in [0.29, 0.717) is 18.4 Å². The number of rotatable bonds is 10. The van der Waals surface area contributed by atoms with Crippen molar-refractivity contribution in [3.8, 4) is 0 Å². The maximum Gasteiger partial charge on any atom is 0.171 e. The molecule has 0 spiro atoms. The molecule has 3 rings (SSSR count). The lowest BCUT2D eigenvalue weighted by Gasteiger charge is -2.27. The van der Waals surface area contributed by atoms with Crippen molar-refractivity contribution in [1.29, 1.82) is 0 Å². The number of benzene rings is 3. The molecule has 0 saturated carbocycles. The molecule has 0 aliphatic heterocycles. The molecule has 0 unspecified atom stereocenters. The van der Waals surface area contributed by atoms with E-state index in [9.17, 15) is 4.79 Å². The van der Waals surface area contributed by atoms with Crippen molar-refractivity contribution in [3.05, 3.63) is 91.0 Å². The third-order valence-corrected chi connectivity index (χ3v) is 9.68. The lowest BCUT2D eigenvalue weighted by Crippen LogP contribution is -3.00. The summed E-state index contributed by atoms with van der Waals surface area (Å²) in [7, 11) is -2.01. The van der Waals surface area contributed by atoms with Crippen molar-refractivity contribution in [2.75, 3.05) is 6.16 Å². The van der Waals surface area contributed by atoms with Crippen molar-refractivity contribution in [2.24, 2.45) is 0 Å². The normalized spacial score (nSPS) is 10.9. The zero-order valence-corrected chi connectivity index (χ0v) is 20.2. The second kappa shape index (κ2) is 12.2. The zero-order valence-electron chi connectivity index (χ0n) is 17.1. The maximum atomic E-state index is 13.2. The van der Waals surface area contributed by atoms with E-state index in [4.69, 9.17) is 0 Å². The second-order valence-electron chi connectivity index (χ2n) is 7.32. The summed E-state index contributed by atoms with van der Waals surface area (Å²) in [6, 6.07) is 32.0. The molecule has 0 bridgehead atoms. The van der Waals surface area contributed by atoms with Gasteiger partial charge >= 0.3 is 0 Å². The van der Waals surface area contributed by atoms with Crippen LogP contribution in [0.1, 0.15) is 39.0 Å². The largest absolute Gasteiger partial charge is 1.00 e. The second-order valence-corrected chi connectivity index (χ2v) is 10.8. The molecule has 0 fully saturated rings. The number of carbonyl (C=O) groups excluding carboxylic acids is 1. The quantitative estimate of drug-likeness (QED) is 0.230. The van der Waals surface area contributed by atoms with Gasteiger partial charge in [0.1, 0.15) is 29.3 Å². The van der Waals surface area contributed by atoms with E-state index in [1.807, 2.05) is 0 Å². The van der Waals surface area contributed by atoms with Crippen LogP contribution in [0.3, 0.4) is 0 Å². The fourth-order valence-corrected chi connectivity index (χ4v) is 8.03.